The molecule has 0 amide bonds. The quantitative estimate of drug-likeness (QED) is 0.744. The second-order valence-electron chi connectivity index (χ2n) is 4.10. The maximum Gasteiger partial charge on any atom is 0.511 e. The average molecular weight is 245 g/mol. The number of nitrogens with zero attached hydrogens (tertiary/aromatic N) is 1. The summed E-state index contributed by atoms with van der Waals surface area (Å²) >= 11 is 0. The summed E-state index contributed by atoms with van der Waals surface area (Å²) in [5, 5.41) is 0. The van der Waals surface area contributed by atoms with Crippen LogP contribution in [0.4, 0.5) is 13.2 Å². The number of hydrogen-bond acceptors (Lipinski definition) is 2. The molecule has 0 unspecified atom stereocenters. The fourth-order valence-electron chi connectivity index (χ4n) is 1.66. The zero-order valence-corrected chi connectivity index (χ0v) is 9.40. The molecule has 0 radical (unpaired) electrons. The van der Waals surface area contributed by atoms with Crippen molar-refractivity contribution in [1.29, 1.82) is 0 Å². The van der Waals surface area contributed by atoms with Crippen molar-refractivity contribution in [3.05, 3.63) is 0 Å². The molecule has 1 atom stereocenters. The van der Waals surface area contributed by atoms with Gasteiger partial charge >= 0.3 is 15.5 Å². The molecular formula is C8H14F3NO2S. The van der Waals surface area contributed by atoms with E-state index in [1.165, 1.54) is 0 Å². The summed E-state index contributed by atoms with van der Waals surface area (Å²) in [7, 11) is -5.11. The normalized spacial score (nSPS) is 25.1. The minimum absolute atomic E-state index is 0.0144. The monoisotopic (exact) mass is 245 g/mol. The minimum Gasteiger partial charge on any atom is -0.203 e. The van der Waals surface area contributed by atoms with Crippen LogP contribution in [0.1, 0.15) is 20.3 Å². The Balaban J connectivity index is 2.78. The van der Waals surface area contributed by atoms with Crippen molar-refractivity contribution in [2.45, 2.75) is 25.8 Å². The lowest BCUT2D eigenvalue weighted by molar-refractivity contribution is -0.0484. The zero-order chi connectivity index (χ0) is 11.9. The summed E-state index contributed by atoms with van der Waals surface area (Å²) in [6, 6.07) is 0. The first-order valence-corrected chi connectivity index (χ1v) is 6.16. The Bertz CT molecular complexity index is 323. The van der Waals surface area contributed by atoms with Crippen molar-refractivity contribution in [3.8, 4) is 0 Å². The van der Waals surface area contributed by atoms with Gasteiger partial charge in [-0.1, -0.05) is 13.8 Å². The number of alkyl halides is 3. The molecule has 1 aliphatic heterocycles. The molecule has 1 fully saturated rings. The standard InChI is InChI=1S/C8H14F3NO2S/c1-6(2)7-3-4-12(5-7)15(13,14)8(9,10)11/h6-7H,3-5H2,1-2H3/t7-/m0/s1. The SMILES string of the molecule is CC(C)[C@H]1CCN(S(=O)(=O)C(F)(F)F)C1. The van der Waals surface area contributed by atoms with Crippen molar-refractivity contribution in [3.63, 3.8) is 0 Å². The van der Waals surface area contributed by atoms with E-state index in [4.69, 9.17) is 0 Å². The molecule has 3 nitrogen and oxygen atoms in total. The number of rotatable bonds is 2. The Morgan fingerprint density at radius 1 is 1.33 bits per heavy atom. The molecule has 1 saturated heterocycles. The fourth-order valence-corrected chi connectivity index (χ4v) is 2.69. The summed E-state index contributed by atoms with van der Waals surface area (Å²) in [6.45, 7) is 3.73. The van der Waals surface area contributed by atoms with Gasteiger partial charge in [0.2, 0.25) is 0 Å². The van der Waals surface area contributed by atoms with Crippen LogP contribution in [0.5, 0.6) is 0 Å². The van der Waals surface area contributed by atoms with E-state index in [0.717, 1.165) is 0 Å². The van der Waals surface area contributed by atoms with Crippen molar-refractivity contribution in [1.82, 2.24) is 4.31 Å². The van der Waals surface area contributed by atoms with Crippen LogP contribution in [0, 0.1) is 11.8 Å². The third-order valence-electron chi connectivity index (χ3n) is 2.76. The highest BCUT2D eigenvalue weighted by Gasteiger charge is 2.51. The molecule has 90 valence electrons. The Kier molecular flexibility index (Phi) is 3.35. The van der Waals surface area contributed by atoms with Gasteiger partial charge in [-0.15, -0.1) is 0 Å². The van der Waals surface area contributed by atoms with Crippen LogP contribution in [0.15, 0.2) is 0 Å². The van der Waals surface area contributed by atoms with Crippen LogP contribution in [0.3, 0.4) is 0 Å². The molecule has 0 saturated carbocycles. The van der Waals surface area contributed by atoms with E-state index in [1.807, 2.05) is 13.8 Å². The van der Waals surface area contributed by atoms with Gasteiger partial charge in [-0.2, -0.15) is 17.5 Å². The smallest absolute Gasteiger partial charge is 0.203 e. The third-order valence-corrected chi connectivity index (χ3v) is 4.36. The van der Waals surface area contributed by atoms with Crippen LogP contribution in [-0.2, 0) is 10.0 Å². The van der Waals surface area contributed by atoms with Gasteiger partial charge in [0.25, 0.3) is 0 Å². The highest BCUT2D eigenvalue weighted by Crippen LogP contribution is 2.32. The number of sulfonamides is 1. The van der Waals surface area contributed by atoms with E-state index in [9.17, 15) is 21.6 Å². The first-order chi connectivity index (χ1) is 6.66. The third kappa shape index (κ3) is 2.44. The van der Waals surface area contributed by atoms with Crippen LogP contribution in [0.2, 0.25) is 0 Å². The molecule has 1 heterocycles. The lowest BCUT2D eigenvalue weighted by atomic mass is 9.96. The molecule has 0 aromatic rings. The Hall–Kier alpha value is -0.300. The summed E-state index contributed by atoms with van der Waals surface area (Å²) < 4.78 is 59.1. The molecule has 1 aliphatic rings. The number of hydrogen-bond donors (Lipinski definition) is 0. The lowest BCUT2D eigenvalue weighted by Gasteiger charge is -2.19. The molecule has 0 aliphatic carbocycles. The van der Waals surface area contributed by atoms with Crippen LogP contribution < -0.4 is 0 Å². The Morgan fingerprint density at radius 2 is 1.87 bits per heavy atom. The van der Waals surface area contributed by atoms with Gasteiger partial charge in [-0.25, -0.2) is 8.42 Å². The molecule has 0 aromatic carbocycles. The van der Waals surface area contributed by atoms with Crippen LogP contribution in [0.25, 0.3) is 0 Å². The van der Waals surface area contributed by atoms with Gasteiger partial charge in [0.1, 0.15) is 0 Å². The Labute approximate surface area is 87.3 Å². The predicted molar refractivity (Wildman–Crippen MR) is 49.5 cm³/mol. The van der Waals surface area contributed by atoms with Gasteiger partial charge < -0.3 is 0 Å². The van der Waals surface area contributed by atoms with Crippen molar-refractivity contribution < 1.29 is 21.6 Å². The fraction of sp³-hybridized carbons (Fsp3) is 1.00. The van der Waals surface area contributed by atoms with E-state index < -0.39 is 15.5 Å². The highest BCUT2D eigenvalue weighted by molar-refractivity contribution is 7.90. The first kappa shape index (κ1) is 12.8. The first-order valence-electron chi connectivity index (χ1n) is 4.72. The molecule has 0 N–H and O–H groups in total. The molecule has 0 spiro atoms. The van der Waals surface area contributed by atoms with Crippen LogP contribution in [-0.4, -0.2) is 31.3 Å². The molecule has 0 aromatic heterocycles. The second kappa shape index (κ2) is 3.93. The maximum atomic E-state index is 12.2. The van der Waals surface area contributed by atoms with E-state index >= 15 is 0 Å². The highest BCUT2D eigenvalue weighted by atomic mass is 32.2. The van der Waals surface area contributed by atoms with Gasteiger partial charge in [0.15, 0.2) is 0 Å². The molecule has 15 heavy (non-hydrogen) atoms. The second-order valence-corrected chi connectivity index (χ2v) is 6.03. The van der Waals surface area contributed by atoms with E-state index in [1.54, 1.807) is 0 Å². The summed E-state index contributed by atoms with van der Waals surface area (Å²) in [5.74, 6) is 0.237. The van der Waals surface area contributed by atoms with Gasteiger partial charge in [0, 0.05) is 13.1 Å². The van der Waals surface area contributed by atoms with Gasteiger partial charge in [-0.05, 0) is 18.3 Å². The van der Waals surface area contributed by atoms with E-state index in [0.29, 0.717) is 10.7 Å². The van der Waals surface area contributed by atoms with Gasteiger partial charge in [-0.3, -0.25) is 0 Å². The zero-order valence-electron chi connectivity index (χ0n) is 8.58. The van der Waals surface area contributed by atoms with Crippen molar-refractivity contribution in [2.75, 3.05) is 13.1 Å². The molecule has 1 rings (SSSR count). The van der Waals surface area contributed by atoms with E-state index in [2.05, 4.69) is 0 Å². The summed E-state index contributed by atoms with van der Waals surface area (Å²) in [5.41, 5.74) is -5.17. The number of halogens is 3. The predicted octanol–water partition coefficient (Wildman–Crippen LogP) is 1.81. The van der Waals surface area contributed by atoms with Crippen LogP contribution >= 0.6 is 0 Å². The molecule has 0 bridgehead atoms. The summed E-state index contributed by atoms with van der Waals surface area (Å²) in [4.78, 5) is 0. The van der Waals surface area contributed by atoms with Gasteiger partial charge in [0.05, 0.1) is 0 Å². The largest absolute Gasteiger partial charge is 0.511 e. The summed E-state index contributed by atoms with van der Waals surface area (Å²) in [6.07, 6.45) is 0.507. The average Bonchev–Trinajstić information content (AvgIpc) is 2.49. The van der Waals surface area contributed by atoms with Crippen molar-refractivity contribution in [2.24, 2.45) is 11.8 Å². The van der Waals surface area contributed by atoms with E-state index in [-0.39, 0.29) is 24.9 Å². The molecular weight excluding hydrogens is 231 g/mol. The van der Waals surface area contributed by atoms with Crippen molar-refractivity contribution >= 4 is 10.0 Å². The lowest BCUT2D eigenvalue weighted by Crippen LogP contribution is -2.39. The topological polar surface area (TPSA) is 37.4 Å². The molecule has 7 heteroatoms. The Morgan fingerprint density at radius 3 is 2.20 bits per heavy atom. The maximum absolute atomic E-state index is 12.2. The minimum atomic E-state index is -5.17.